The summed E-state index contributed by atoms with van der Waals surface area (Å²) < 4.78 is 0.980. The van der Waals surface area contributed by atoms with Crippen LogP contribution in [0, 0.1) is 0 Å². The van der Waals surface area contributed by atoms with Crippen molar-refractivity contribution in [1.29, 1.82) is 0 Å². The minimum Gasteiger partial charge on any atom is -0.399 e. The molecule has 0 spiro atoms. The van der Waals surface area contributed by atoms with Gasteiger partial charge in [0.25, 0.3) is 0 Å². The van der Waals surface area contributed by atoms with Crippen LogP contribution in [0.2, 0.25) is 0 Å². The van der Waals surface area contributed by atoms with Crippen molar-refractivity contribution in [2.24, 2.45) is 11.6 Å². The van der Waals surface area contributed by atoms with E-state index in [1.165, 1.54) is 11.2 Å². The van der Waals surface area contributed by atoms with E-state index in [4.69, 9.17) is 16.7 Å². The molecule has 1 aromatic rings. The van der Waals surface area contributed by atoms with Gasteiger partial charge in [-0.25, -0.2) is 5.84 Å². The zero-order chi connectivity index (χ0) is 10.6. The second kappa shape index (κ2) is 4.99. The summed E-state index contributed by atoms with van der Waals surface area (Å²) in [7, 11) is 0. The fourth-order valence-electron chi connectivity index (χ4n) is 0.907. The van der Waals surface area contributed by atoms with Crippen molar-refractivity contribution in [3.8, 4) is 0 Å². The van der Waals surface area contributed by atoms with Crippen LogP contribution in [0.1, 0.15) is 0 Å². The number of hydrogen-bond donors (Lipinski definition) is 3. The number of rotatable bonds is 3. The molecular weight excluding hydrogens is 246 g/mol. The summed E-state index contributed by atoms with van der Waals surface area (Å²) >= 11 is 3.32. The average Bonchev–Trinajstić information content (AvgIpc) is 2.18. The molecule has 0 unspecified atom stereocenters. The lowest BCUT2D eigenvalue weighted by Gasteiger charge is -2.14. The number of aliphatic hydroxyl groups is 1. The van der Waals surface area contributed by atoms with E-state index in [9.17, 15) is 0 Å². The van der Waals surface area contributed by atoms with Crippen LogP contribution in [-0.2, 0) is 0 Å². The lowest BCUT2D eigenvalue weighted by atomic mass is 10.3. The lowest BCUT2D eigenvalue weighted by Crippen LogP contribution is -2.26. The minimum atomic E-state index is -0.204. The van der Waals surface area contributed by atoms with Crippen LogP contribution in [0.25, 0.3) is 0 Å². The fourth-order valence-corrected chi connectivity index (χ4v) is 1.17. The topological polar surface area (TPSA) is 75.5 Å². The maximum absolute atomic E-state index is 8.69. The SMILES string of the molecule is N/C(=C\N(N)c1ccc(Br)cc1)CO. The molecule has 0 aliphatic carbocycles. The van der Waals surface area contributed by atoms with Gasteiger partial charge in [0.1, 0.15) is 0 Å². The van der Waals surface area contributed by atoms with E-state index >= 15 is 0 Å². The van der Waals surface area contributed by atoms with E-state index in [0.29, 0.717) is 5.70 Å². The van der Waals surface area contributed by atoms with Gasteiger partial charge < -0.3 is 10.8 Å². The Hall–Kier alpha value is -1.04. The number of aliphatic hydroxyl groups excluding tert-OH is 1. The number of nitrogens with zero attached hydrogens (tertiary/aromatic N) is 1. The van der Waals surface area contributed by atoms with E-state index < -0.39 is 0 Å². The first kappa shape index (κ1) is 11.0. The van der Waals surface area contributed by atoms with Gasteiger partial charge in [-0.05, 0) is 24.3 Å². The summed E-state index contributed by atoms with van der Waals surface area (Å²) in [4.78, 5) is 0. The summed E-state index contributed by atoms with van der Waals surface area (Å²) in [5.74, 6) is 5.67. The molecule has 0 heterocycles. The Labute approximate surface area is 90.9 Å². The highest BCUT2D eigenvalue weighted by Gasteiger charge is 1.98. The van der Waals surface area contributed by atoms with Gasteiger partial charge in [0.05, 0.1) is 18.0 Å². The van der Waals surface area contributed by atoms with Crippen molar-refractivity contribution in [1.82, 2.24) is 0 Å². The van der Waals surface area contributed by atoms with Crippen LogP contribution >= 0.6 is 15.9 Å². The molecule has 0 aliphatic heterocycles. The highest BCUT2D eigenvalue weighted by Crippen LogP contribution is 2.16. The van der Waals surface area contributed by atoms with E-state index in [1.54, 1.807) is 0 Å². The normalized spacial score (nSPS) is 11.5. The van der Waals surface area contributed by atoms with Crippen molar-refractivity contribution in [3.63, 3.8) is 0 Å². The maximum Gasteiger partial charge on any atom is 0.0840 e. The second-order valence-electron chi connectivity index (χ2n) is 2.75. The zero-order valence-corrected chi connectivity index (χ0v) is 9.11. The predicted molar refractivity (Wildman–Crippen MR) is 60.2 cm³/mol. The van der Waals surface area contributed by atoms with Crippen LogP contribution in [-0.4, -0.2) is 11.7 Å². The molecular formula is C9H12BrN3O. The number of halogens is 1. The summed E-state index contributed by atoms with van der Waals surface area (Å²) in [6.07, 6.45) is 1.48. The first-order valence-electron chi connectivity index (χ1n) is 4.00. The molecule has 14 heavy (non-hydrogen) atoms. The Morgan fingerprint density at radius 2 is 2.00 bits per heavy atom. The largest absolute Gasteiger partial charge is 0.399 e. The number of benzene rings is 1. The van der Waals surface area contributed by atoms with Gasteiger partial charge in [-0.2, -0.15) is 0 Å². The van der Waals surface area contributed by atoms with E-state index in [1.807, 2.05) is 24.3 Å². The Kier molecular flexibility index (Phi) is 3.94. The molecule has 1 aromatic carbocycles. The van der Waals surface area contributed by atoms with Gasteiger partial charge in [-0.15, -0.1) is 0 Å². The van der Waals surface area contributed by atoms with Crippen LogP contribution in [0.4, 0.5) is 5.69 Å². The monoisotopic (exact) mass is 257 g/mol. The molecule has 5 heteroatoms. The molecule has 5 N–H and O–H groups in total. The van der Waals surface area contributed by atoms with Crippen molar-refractivity contribution < 1.29 is 5.11 Å². The van der Waals surface area contributed by atoms with Gasteiger partial charge in [0, 0.05) is 10.7 Å². The highest BCUT2D eigenvalue weighted by atomic mass is 79.9. The average molecular weight is 258 g/mol. The minimum absolute atomic E-state index is 0.204. The Bertz CT molecular complexity index is 323. The third-order valence-corrected chi connectivity index (χ3v) is 2.14. The Morgan fingerprint density at radius 3 is 2.50 bits per heavy atom. The molecule has 4 nitrogen and oxygen atoms in total. The predicted octanol–water partition coefficient (Wildman–Crippen LogP) is 0.922. The third-order valence-electron chi connectivity index (χ3n) is 1.61. The lowest BCUT2D eigenvalue weighted by molar-refractivity contribution is 0.329. The summed E-state index contributed by atoms with van der Waals surface area (Å²) in [6, 6.07) is 7.42. The maximum atomic E-state index is 8.69. The van der Waals surface area contributed by atoms with Crippen LogP contribution in [0.5, 0.6) is 0 Å². The summed E-state index contributed by atoms with van der Waals surface area (Å²) in [5.41, 5.74) is 6.53. The molecule has 0 saturated heterocycles. The van der Waals surface area contributed by atoms with Gasteiger partial charge >= 0.3 is 0 Å². The van der Waals surface area contributed by atoms with Gasteiger partial charge in [-0.1, -0.05) is 15.9 Å². The molecule has 0 bridgehead atoms. The number of hydrazine groups is 1. The smallest absolute Gasteiger partial charge is 0.0840 e. The van der Waals surface area contributed by atoms with Gasteiger partial charge in [0.15, 0.2) is 0 Å². The van der Waals surface area contributed by atoms with Gasteiger partial charge in [-0.3, -0.25) is 5.01 Å². The zero-order valence-electron chi connectivity index (χ0n) is 7.52. The summed E-state index contributed by atoms with van der Waals surface area (Å²) in [5, 5.41) is 10.1. The first-order valence-corrected chi connectivity index (χ1v) is 4.79. The molecule has 0 aliphatic rings. The van der Waals surface area contributed by atoms with Crippen molar-refractivity contribution >= 4 is 21.6 Å². The van der Waals surface area contributed by atoms with Crippen molar-refractivity contribution in [2.45, 2.75) is 0 Å². The van der Waals surface area contributed by atoms with Gasteiger partial charge in [0.2, 0.25) is 0 Å². The summed E-state index contributed by atoms with van der Waals surface area (Å²) in [6.45, 7) is -0.204. The standard InChI is InChI=1S/C9H12BrN3O/c10-7-1-3-9(4-2-7)13(12)5-8(11)6-14/h1-5,14H,6,11-12H2/b8-5-. The Morgan fingerprint density at radius 1 is 1.43 bits per heavy atom. The van der Waals surface area contributed by atoms with Crippen LogP contribution in [0.15, 0.2) is 40.6 Å². The fraction of sp³-hybridized carbons (Fsp3) is 0.111. The third kappa shape index (κ3) is 3.02. The molecule has 0 radical (unpaired) electrons. The molecule has 1 rings (SSSR count). The first-order chi connectivity index (χ1) is 6.63. The van der Waals surface area contributed by atoms with Crippen LogP contribution in [0.3, 0.4) is 0 Å². The van der Waals surface area contributed by atoms with Crippen molar-refractivity contribution in [2.75, 3.05) is 11.6 Å². The van der Waals surface area contributed by atoms with Crippen LogP contribution < -0.4 is 16.6 Å². The number of anilines is 1. The number of nitrogens with two attached hydrogens (primary N) is 2. The molecule has 0 fully saturated rings. The quantitative estimate of drug-likeness (QED) is 0.556. The molecule has 0 saturated carbocycles. The highest BCUT2D eigenvalue weighted by molar-refractivity contribution is 9.10. The Balaban J connectivity index is 2.79. The molecule has 76 valence electrons. The van der Waals surface area contributed by atoms with Crippen molar-refractivity contribution in [3.05, 3.63) is 40.6 Å². The molecule has 0 atom stereocenters. The molecule has 0 amide bonds. The van der Waals surface area contributed by atoms with E-state index in [-0.39, 0.29) is 6.61 Å². The van der Waals surface area contributed by atoms with E-state index in [2.05, 4.69) is 15.9 Å². The van der Waals surface area contributed by atoms with E-state index in [0.717, 1.165) is 10.2 Å². The second-order valence-corrected chi connectivity index (χ2v) is 3.66. The number of hydrogen-bond acceptors (Lipinski definition) is 4. The molecule has 0 aromatic heterocycles.